The molecule has 1 aromatic rings. The first kappa shape index (κ1) is 15.2. The fourth-order valence-corrected chi connectivity index (χ4v) is 2.41. The van der Waals surface area contributed by atoms with Gasteiger partial charge in [-0.25, -0.2) is 0 Å². The van der Waals surface area contributed by atoms with E-state index in [9.17, 15) is 9.59 Å². The molecule has 1 atom stereocenters. The molecule has 1 fully saturated rings. The van der Waals surface area contributed by atoms with Crippen LogP contribution in [0.4, 0.5) is 0 Å². The monoisotopic (exact) mass is 286 g/mol. The van der Waals surface area contributed by atoms with Gasteiger partial charge in [-0.05, 0) is 17.7 Å². The summed E-state index contributed by atoms with van der Waals surface area (Å²) >= 11 is 0. The predicted molar refractivity (Wildman–Crippen MR) is 83.4 cm³/mol. The lowest BCUT2D eigenvalue weighted by Crippen LogP contribution is -2.41. The van der Waals surface area contributed by atoms with Gasteiger partial charge in [-0.1, -0.05) is 11.5 Å². The number of rotatable bonds is 3. The molecule has 0 saturated carbocycles. The van der Waals surface area contributed by atoms with Gasteiger partial charge >= 0.3 is 0 Å². The van der Waals surface area contributed by atoms with Crippen LogP contribution in [-0.2, 0) is 9.59 Å². The molecule has 0 bridgehead atoms. The van der Waals surface area contributed by atoms with Crippen LogP contribution in [0.3, 0.4) is 0 Å². The number of ketones is 1. The van der Waals surface area contributed by atoms with Crippen LogP contribution in [0.1, 0.15) is 18.0 Å². The van der Waals surface area contributed by atoms with Crippen molar-refractivity contribution in [3.8, 4) is 5.75 Å². The third-order valence-corrected chi connectivity index (χ3v) is 3.49. The quantitative estimate of drug-likeness (QED) is 0.463. The highest BCUT2D eigenvalue weighted by atomic mass is 16.5. The number of carbonyl (C=O) groups is 2. The molecule has 1 aromatic carbocycles. The highest BCUT2D eigenvalue weighted by Gasteiger charge is 2.31. The van der Waals surface area contributed by atoms with Crippen LogP contribution in [0.15, 0.2) is 30.0 Å². The number of ether oxygens (including phenoxy) is 1. The van der Waals surface area contributed by atoms with Gasteiger partial charge in [0, 0.05) is 26.7 Å². The Kier molecular flexibility index (Phi) is 4.36. The number of amides is 1. The molecule has 1 N–H and O–H groups in total. The van der Waals surface area contributed by atoms with Crippen molar-refractivity contribution in [2.24, 2.45) is 0 Å². The second-order valence-corrected chi connectivity index (χ2v) is 5.38. The van der Waals surface area contributed by atoms with E-state index in [-0.39, 0.29) is 29.7 Å². The average molecular weight is 286 g/mol. The molecule has 2 rings (SSSR count). The molecule has 0 aromatic heterocycles. The lowest BCUT2D eigenvalue weighted by Gasteiger charge is -2.26. The minimum atomic E-state index is -0.327. The van der Waals surface area contributed by atoms with Gasteiger partial charge in [-0.3, -0.25) is 9.59 Å². The minimum absolute atomic E-state index is 0.139. The maximum Gasteiger partial charge on any atom is 0.256 e. The summed E-state index contributed by atoms with van der Waals surface area (Å²) in [6, 6.07) is 5.35. The highest BCUT2D eigenvalue weighted by Crippen LogP contribution is 2.25. The lowest BCUT2D eigenvalue weighted by atomic mass is 9.83. The van der Waals surface area contributed by atoms with Crippen LogP contribution in [0.2, 0.25) is 0 Å². The van der Waals surface area contributed by atoms with Crippen LogP contribution < -0.4 is 15.5 Å². The summed E-state index contributed by atoms with van der Waals surface area (Å²) in [4.78, 5) is 26.0. The Hall–Kier alpha value is -2.24. The summed E-state index contributed by atoms with van der Waals surface area (Å²) in [5.41, 5.74) is 2.14. The van der Waals surface area contributed by atoms with E-state index < -0.39 is 0 Å². The zero-order chi connectivity index (χ0) is 15.6. The number of hydrogen-bond donors (Lipinski definition) is 1. The predicted octanol–water partition coefficient (Wildman–Crippen LogP) is -0.471. The molecule has 1 heterocycles. The molecule has 0 radical (unpaired) electrons. The molecular weight excluding hydrogens is 267 g/mol. The van der Waals surface area contributed by atoms with Crippen molar-refractivity contribution in [3.63, 3.8) is 0 Å². The zero-order valence-electron chi connectivity index (χ0n) is 12.8. The van der Waals surface area contributed by atoms with Gasteiger partial charge in [0.2, 0.25) is 0 Å². The molecule has 0 unspecified atom stereocenters. The third kappa shape index (κ3) is 3.27. The Morgan fingerprint density at radius 2 is 2.10 bits per heavy atom. The van der Waals surface area contributed by atoms with E-state index in [0.717, 1.165) is 11.0 Å². The Morgan fingerprint density at radius 3 is 2.67 bits per heavy atom. The minimum Gasteiger partial charge on any atom is -0.497 e. The topological polar surface area (TPSA) is 58.6 Å². The van der Waals surface area contributed by atoms with Gasteiger partial charge in [-0.2, -0.15) is 0 Å². The summed E-state index contributed by atoms with van der Waals surface area (Å²) in [5.74, 6) is 0.249. The SMILES string of the molecule is Bc1ccc(OC)cc1[C@H]1CC(=O)/C(=C/N(C)C)C(=O)N1. The van der Waals surface area contributed by atoms with Crippen molar-refractivity contribution in [2.75, 3.05) is 21.2 Å². The fourth-order valence-electron chi connectivity index (χ4n) is 2.41. The van der Waals surface area contributed by atoms with Crippen molar-refractivity contribution in [3.05, 3.63) is 35.5 Å². The van der Waals surface area contributed by atoms with Crippen LogP contribution in [-0.4, -0.2) is 45.6 Å². The summed E-state index contributed by atoms with van der Waals surface area (Å²) in [6.07, 6.45) is 1.83. The molecule has 1 aliphatic heterocycles. The Balaban J connectivity index is 2.30. The van der Waals surface area contributed by atoms with Gasteiger partial charge in [0.25, 0.3) is 5.91 Å². The molecule has 21 heavy (non-hydrogen) atoms. The standard InChI is InChI=1S/C15H19BN2O3/c1-18(2)8-11-14(19)7-13(17-15(11)20)10-6-9(21-3)4-5-12(10)16/h4-6,8,13H,7,16H2,1-3H3,(H,17,20)/b11-8-/t13-/m1/s1. The Morgan fingerprint density at radius 1 is 1.38 bits per heavy atom. The molecule has 110 valence electrons. The maximum absolute atomic E-state index is 12.2. The highest BCUT2D eigenvalue weighted by molar-refractivity contribution is 6.33. The summed E-state index contributed by atoms with van der Waals surface area (Å²) in [7, 11) is 7.12. The zero-order valence-corrected chi connectivity index (χ0v) is 12.8. The van der Waals surface area contributed by atoms with Crippen molar-refractivity contribution in [1.82, 2.24) is 10.2 Å². The van der Waals surface area contributed by atoms with Gasteiger partial charge in [0.1, 0.15) is 13.6 Å². The molecule has 0 spiro atoms. The third-order valence-electron chi connectivity index (χ3n) is 3.49. The van der Waals surface area contributed by atoms with E-state index in [4.69, 9.17) is 4.74 Å². The van der Waals surface area contributed by atoms with E-state index >= 15 is 0 Å². The van der Waals surface area contributed by atoms with E-state index in [1.807, 2.05) is 26.0 Å². The molecule has 1 saturated heterocycles. The van der Waals surface area contributed by atoms with E-state index in [1.165, 1.54) is 0 Å². The average Bonchev–Trinajstić information content (AvgIpc) is 2.43. The van der Waals surface area contributed by atoms with Crippen LogP contribution in [0.25, 0.3) is 0 Å². The first-order valence-corrected chi connectivity index (χ1v) is 6.79. The first-order valence-electron chi connectivity index (χ1n) is 6.79. The number of Topliss-reactive ketones (excluding diaryl/α,β-unsaturated/α-hetero) is 1. The van der Waals surface area contributed by atoms with Crippen LogP contribution in [0.5, 0.6) is 5.75 Å². The molecular formula is C15H19BN2O3. The smallest absolute Gasteiger partial charge is 0.256 e. The molecule has 5 nitrogen and oxygen atoms in total. The molecule has 6 heteroatoms. The Bertz CT molecular complexity index is 591. The number of piperidine rings is 1. The number of methoxy groups -OCH3 is 1. The maximum atomic E-state index is 12.2. The van der Waals surface area contributed by atoms with Crippen molar-refractivity contribution < 1.29 is 14.3 Å². The molecule has 1 amide bonds. The number of hydrogen-bond acceptors (Lipinski definition) is 4. The van der Waals surface area contributed by atoms with Gasteiger partial charge in [0.15, 0.2) is 5.78 Å². The normalized spacial score (nSPS) is 20.3. The summed E-state index contributed by atoms with van der Waals surface area (Å²) in [6.45, 7) is 0. The number of carbonyl (C=O) groups excluding carboxylic acids is 2. The molecule has 1 aliphatic rings. The van der Waals surface area contributed by atoms with E-state index in [0.29, 0.717) is 5.75 Å². The second kappa shape index (κ2) is 6.03. The van der Waals surface area contributed by atoms with Gasteiger partial charge in [0.05, 0.1) is 18.7 Å². The van der Waals surface area contributed by atoms with Crippen LogP contribution >= 0.6 is 0 Å². The lowest BCUT2D eigenvalue weighted by molar-refractivity contribution is -0.126. The molecule has 0 aliphatic carbocycles. The van der Waals surface area contributed by atoms with Gasteiger partial charge in [-0.15, -0.1) is 0 Å². The summed E-state index contributed by atoms with van der Waals surface area (Å²) in [5, 5.41) is 2.90. The largest absolute Gasteiger partial charge is 0.497 e. The van der Waals surface area contributed by atoms with Crippen molar-refractivity contribution in [1.29, 1.82) is 0 Å². The van der Waals surface area contributed by atoms with Crippen molar-refractivity contribution >= 4 is 25.0 Å². The van der Waals surface area contributed by atoms with E-state index in [2.05, 4.69) is 5.32 Å². The van der Waals surface area contributed by atoms with Crippen molar-refractivity contribution in [2.45, 2.75) is 12.5 Å². The Labute approximate surface area is 125 Å². The van der Waals surface area contributed by atoms with E-state index in [1.54, 1.807) is 32.3 Å². The van der Waals surface area contributed by atoms with Gasteiger partial charge < -0.3 is 15.0 Å². The van der Waals surface area contributed by atoms with Crippen LogP contribution in [0, 0.1) is 0 Å². The summed E-state index contributed by atoms with van der Waals surface area (Å²) < 4.78 is 5.21. The number of nitrogens with one attached hydrogen (secondary N) is 1. The first-order chi connectivity index (χ1) is 9.92. The fraction of sp³-hybridized carbons (Fsp3) is 0.333. The number of benzene rings is 1. The number of nitrogens with zero attached hydrogens (tertiary/aromatic N) is 1. The second-order valence-electron chi connectivity index (χ2n) is 5.38.